The maximum Gasteiger partial charge on any atom is 0.416 e. The third-order valence-electron chi connectivity index (χ3n) is 4.02. The lowest BCUT2D eigenvalue weighted by Gasteiger charge is -2.42. The van der Waals surface area contributed by atoms with Gasteiger partial charge >= 0.3 is 6.09 Å². The van der Waals surface area contributed by atoms with Crippen LogP contribution in [0.2, 0.25) is 0 Å². The summed E-state index contributed by atoms with van der Waals surface area (Å²) in [6.45, 7) is 1.18. The van der Waals surface area contributed by atoms with E-state index in [0.717, 1.165) is 17.7 Å². The van der Waals surface area contributed by atoms with E-state index in [2.05, 4.69) is 0 Å². The zero-order valence-corrected chi connectivity index (χ0v) is 11.2. The first kappa shape index (κ1) is 13.8. The number of cyclic esters (lactones) is 1. The smallest absolute Gasteiger partial charge is 0.416 e. The van der Waals surface area contributed by atoms with Gasteiger partial charge in [0, 0.05) is 13.0 Å². The number of amides is 2. The number of rotatable bonds is 2. The minimum absolute atomic E-state index is 0.0926. The summed E-state index contributed by atoms with van der Waals surface area (Å²) in [4.78, 5) is 24.4. The Morgan fingerprint density at radius 2 is 2.25 bits per heavy atom. The predicted molar refractivity (Wildman–Crippen MR) is 65.9 cm³/mol. The molecule has 4 atom stereocenters. The summed E-state index contributed by atoms with van der Waals surface area (Å²) in [6.07, 6.45) is 0.162. The molecule has 0 bridgehead atoms. The minimum Gasteiger partial charge on any atom is -0.447 e. The molecule has 112 valence electrons. The number of aliphatic hydroxyl groups is 1. The molecule has 0 unspecified atom stereocenters. The molecule has 0 aromatic heterocycles. The van der Waals surface area contributed by atoms with Crippen molar-refractivity contribution in [1.82, 2.24) is 4.90 Å². The third-order valence-corrected chi connectivity index (χ3v) is 4.02. The standard InChI is InChI=1S/C13H19NO6/c15-9-6-8(20-10-2-1-4-18-12(9)10)7-11(16)14-3-5-19-13(14)17/h8-10,12,15H,1-7H2/t8-,9+,10-,12+/m1/s1. The number of hydrogen-bond acceptors (Lipinski definition) is 6. The normalized spacial score (nSPS) is 37.5. The van der Waals surface area contributed by atoms with Crippen LogP contribution in [0.3, 0.4) is 0 Å². The molecule has 7 nitrogen and oxygen atoms in total. The van der Waals surface area contributed by atoms with Gasteiger partial charge in [0.1, 0.15) is 12.7 Å². The molecule has 0 saturated carbocycles. The second-order valence-corrected chi connectivity index (χ2v) is 5.44. The molecular formula is C13H19NO6. The third kappa shape index (κ3) is 2.65. The van der Waals surface area contributed by atoms with Crippen molar-refractivity contribution in [2.75, 3.05) is 19.8 Å². The van der Waals surface area contributed by atoms with Gasteiger partial charge in [-0.3, -0.25) is 4.79 Å². The molecule has 3 fully saturated rings. The first-order valence-electron chi connectivity index (χ1n) is 7.07. The first-order valence-corrected chi connectivity index (χ1v) is 7.07. The van der Waals surface area contributed by atoms with Crippen LogP contribution in [-0.4, -0.2) is 66.2 Å². The molecule has 0 spiro atoms. The van der Waals surface area contributed by atoms with Crippen molar-refractivity contribution < 1.29 is 28.9 Å². The van der Waals surface area contributed by atoms with Crippen LogP contribution in [0.15, 0.2) is 0 Å². The Balaban J connectivity index is 1.58. The van der Waals surface area contributed by atoms with E-state index in [4.69, 9.17) is 14.2 Å². The summed E-state index contributed by atoms with van der Waals surface area (Å²) >= 11 is 0. The SMILES string of the molecule is O=C(C[C@H]1C[C@H](O)[C@@H]2OCCC[C@H]2O1)N1CCOC1=O. The first-order chi connectivity index (χ1) is 9.65. The molecule has 0 aliphatic carbocycles. The highest BCUT2D eigenvalue weighted by atomic mass is 16.6. The summed E-state index contributed by atoms with van der Waals surface area (Å²) < 4.78 is 16.1. The highest BCUT2D eigenvalue weighted by Crippen LogP contribution is 2.30. The Bertz CT molecular complexity index is 400. The van der Waals surface area contributed by atoms with E-state index < -0.39 is 12.2 Å². The summed E-state index contributed by atoms with van der Waals surface area (Å²) in [5, 5.41) is 10.1. The molecule has 3 heterocycles. The van der Waals surface area contributed by atoms with Crippen molar-refractivity contribution in [3.63, 3.8) is 0 Å². The maximum absolute atomic E-state index is 12.0. The minimum atomic E-state index is -0.614. The fourth-order valence-electron chi connectivity index (χ4n) is 3.04. The van der Waals surface area contributed by atoms with E-state index >= 15 is 0 Å². The largest absolute Gasteiger partial charge is 0.447 e. The molecule has 3 rings (SSSR count). The van der Waals surface area contributed by atoms with E-state index in [1.165, 1.54) is 0 Å². The van der Waals surface area contributed by atoms with Crippen LogP contribution in [0.1, 0.15) is 25.7 Å². The molecule has 2 amide bonds. The number of ether oxygens (including phenoxy) is 3. The van der Waals surface area contributed by atoms with Crippen LogP contribution in [0.25, 0.3) is 0 Å². The number of aliphatic hydroxyl groups excluding tert-OH is 1. The van der Waals surface area contributed by atoms with Crippen molar-refractivity contribution >= 4 is 12.0 Å². The van der Waals surface area contributed by atoms with Gasteiger partial charge in [-0.05, 0) is 12.8 Å². The number of carbonyl (C=O) groups excluding carboxylic acids is 2. The monoisotopic (exact) mass is 285 g/mol. The average Bonchev–Trinajstić information content (AvgIpc) is 2.85. The van der Waals surface area contributed by atoms with E-state index in [0.29, 0.717) is 19.6 Å². The second-order valence-electron chi connectivity index (χ2n) is 5.44. The van der Waals surface area contributed by atoms with Crippen molar-refractivity contribution in [2.24, 2.45) is 0 Å². The van der Waals surface area contributed by atoms with Crippen molar-refractivity contribution in [3.05, 3.63) is 0 Å². The lowest BCUT2D eigenvalue weighted by molar-refractivity contribution is -0.208. The van der Waals surface area contributed by atoms with E-state index in [1.54, 1.807) is 0 Å². The maximum atomic E-state index is 12.0. The second kappa shape index (κ2) is 5.67. The van der Waals surface area contributed by atoms with Gasteiger partial charge in [-0.15, -0.1) is 0 Å². The zero-order chi connectivity index (χ0) is 14.1. The van der Waals surface area contributed by atoms with Gasteiger partial charge in [0.15, 0.2) is 0 Å². The van der Waals surface area contributed by atoms with E-state index in [-0.39, 0.29) is 37.2 Å². The van der Waals surface area contributed by atoms with Crippen LogP contribution < -0.4 is 0 Å². The van der Waals surface area contributed by atoms with E-state index in [1.807, 2.05) is 0 Å². The van der Waals surface area contributed by atoms with Crippen LogP contribution >= 0.6 is 0 Å². The van der Waals surface area contributed by atoms with Gasteiger partial charge in [-0.25, -0.2) is 9.69 Å². The molecule has 0 aromatic carbocycles. The van der Waals surface area contributed by atoms with E-state index in [9.17, 15) is 14.7 Å². The van der Waals surface area contributed by atoms with Gasteiger partial charge in [0.25, 0.3) is 0 Å². The Labute approximate surface area is 116 Å². The van der Waals surface area contributed by atoms with Crippen molar-refractivity contribution in [3.8, 4) is 0 Å². The fraction of sp³-hybridized carbons (Fsp3) is 0.846. The van der Waals surface area contributed by atoms with Gasteiger partial charge in [-0.2, -0.15) is 0 Å². The fourth-order valence-corrected chi connectivity index (χ4v) is 3.04. The Hall–Kier alpha value is -1.18. The summed E-state index contributed by atoms with van der Waals surface area (Å²) in [6, 6.07) is 0. The highest BCUT2D eigenvalue weighted by molar-refractivity contribution is 5.93. The molecular weight excluding hydrogens is 266 g/mol. The van der Waals surface area contributed by atoms with Crippen LogP contribution in [0.4, 0.5) is 4.79 Å². The Kier molecular flexibility index (Phi) is 3.91. The van der Waals surface area contributed by atoms with Crippen LogP contribution in [0, 0.1) is 0 Å². The van der Waals surface area contributed by atoms with Gasteiger partial charge < -0.3 is 19.3 Å². The molecule has 3 aliphatic rings. The zero-order valence-electron chi connectivity index (χ0n) is 11.2. The van der Waals surface area contributed by atoms with Crippen LogP contribution in [-0.2, 0) is 19.0 Å². The number of hydrogen-bond donors (Lipinski definition) is 1. The van der Waals surface area contributed by atoms with Gasteiger partial charge in [-0.1, -0.05) is 0 Å². The lowest BCUT2D eigenvalue weighted by Crippen LogP contribution is -2.52. The average molecular weight is 285 g/mol. The molecule has 3 saturated heterocycles. The molecule has 3 aliphatic heterocycles. The summed E-state index contributed by atoms with van der Waals surface area (Å²) in [5.74, 6) is -0.306. The number of nitrogens with zero attached hydrogens (tertiary/aromatic N) is 1. The Morgan fingerprint density at radius 1 is 1.40 bits per heavy atom. The predicted octanol–water partition coefficient (Wildman–Crippen LogP) is 0.0527. The number of fused-ring (bicyclic) bond motifs is 1. The molecule has 0 aromatic rings. The number of carbonyl (C=O) groups is 2. The van der Waals surface area contributed by atoms with Crippen molar-refractivity contribution in [2.45, 2.75) is 50.1 Å². The molecule has 7 heteroatoms. The van der Waals surface area contributed by atoms with Crippen LogP contribution in [0.5, 0.6) is 0 Å². The highest BCUT2D eigenvalue weighted by Gasteiger charge is 2.41. The molecule has 1 N–H and O–H groups in total. The Morgan fingerprint density at radius 3 is 3.00 bits per heavy atom. The molecule has 20 heavy (non-hydrogen) atoms. The number of imide groups is 1. The summed E-state index contributed by atoms with van der Waals surface area (Å²) in [5.41, 5.74) is 0. The van der Waals surface area contributed by atoms with Gasteiger partial charge in [0.05, 0.1) is 31.3 Å². The lowest BCUT2D eigenvalue weighted by atomic mass is 9.92. The van der Waals surface area contributed by atoms with Gasteiger partial charge in [0.2, 0.25) is 5.91 Å². The molecule has 0 radical (unpaired) electrons. The summed E-state index contributed by atoms with van der Waals surface area (Å²) in [7, 11) is 0. The topological polar surface area (TPSA) is 85.3 Å². The quantitative estimate of drug-likeness (QED) is 0.772. The van der Waals surface area contributed by atoms with Crippen molar-refractivity contribution in [1.29, 1.82) is 0 Å².